The van der Waals surface area contributed by atoms with E-state index < -0.39 is 0 Å². The summed E-state index contributed by atoms with van der Waals surface area (Å²) in [7, 11) is 0. The third-order valence-electron chi connectivity index (χ3n) is 0.973. The van der Waals surface area contributed by atoms with Crippen LogP contribution in [0.2, 0.25) is 0 Å². The van der Waals surface area contributed by atoms with Crippen LogP contribution in [-0.2, 0) is 0 Å². The van der Waals surface area contributed by atoms with Gasteiger partial charge in [-0.3, -0.25) is 0 Å². The first-order valence-electron chi connectivity index (χ1n) is 2.38. The first-order chi connectivity index (χ1) is 4.38. The second-order valence-corrected chi connectivity index (χ2v) is 2.23. The van der Waals surface area contributed by atoms with Crippen molar-refractivity contribution in [2.75, 3.05) is 0 Å². The van der Waals surface area contributed by atoms with Crippen molar-refractivity contribution in [2.45, 2.75) is 0 Å². The smallest absolute Gasteiger partial charge is 0.0506 e. The maximum Gasteiger partial charge on any atom is 0.0506 e. The summed E-state index contributed by atoms with van der Waals surface area (Å²) < 4.78 is 0. The number of terminal acetylenes is 2. The lowest BCUT2D eigenvalue weighted by atomic mass is 10.2. The highest BCUT2D eigenvalue weighted by molar-refractivity contribution is 7.08. The Hall–Kier alpha value is -1.18. The molecule has 0 nitrogen and oxygen atoms in total. The van der Waals surface area contributed by atoms with Gasteiger partial charge in [-0.2, -0.15) is 0 Å². The molecule has 0 aliphatic carbocycles. The Labute approximate surface area is 58.5 Å². The van der Waals surface area contributed by atoms with Crippen LogP contribution in [-0.4, -0.2) is 0 Å². The molecule has 1 rings (SSSR count). The van der Waals surface area contributed by atoms with Crippen molar-refractivity contribution in [1.29, 1.82) is 0 Å². The normalized spacial score (nSPS) is 7.78. The van der Waals surface area contributed by atoms with Crippen molar-refractivity contribution in [1.82, 2.24) is 0 Å². The van der Waals surface area contributed by atoms with E-state index in [0.717, 1.165) is 11.1 Å². The molecule has 1 heterocycles. The molecule has 0 N–H and O–H groups in total. The quantitative estimate of drug-likeness (QED) is 0.471. The molecule has 9 heavy (non-hydrogen) atoms. The monoisotopic (exact) mass is 132 g/mol. The van der Waals surface area contributed by atoms with Gasteiger partial charge in [-0.1, -0.05) is 11.8 Å². The molecule has 0 spiro atoms. The van der Waals surface area contributed by atoms with Gasteiger partial charge < -0.3 is 0 Å². The van der Waals surface area contributed by atoms with Crippen LogP contribution in [0.15, 0.2) is 10.8 Å². The highest BCUT2D eigenvalue weighted by atomic mass is 32.1. The molecule has 0 aliphatic rings. The van der Waals surface area contributed by atoms with Gasteiger partial charge in [0.1, 0.15) is 0 Å². The fourth-order valence-electron chi connectivity index (χ4n) is 0.521. The van der Waals surface area contributed by atoms with Crippen LogP contribution in [0.3, 0.4) is 0 Å². The lowest BCUT2D eigenvalue weighted by Gasteiger charge is -1.79. The van der Waals surface area contributed by atoms with Gasteiger partial charge >= 0.3 is 0 Å². The topological polar surface area (TPSA) is 0 Å². The Balaban J connectivity index is 3.22. The summed E-state index contributed by atoms with van der Waals surface area (Å²) in [4.78, 5) is 0. The predicted molar refractivity (Wildman–Crippen MR) is 40.2 cm³/mol. The highest BCUT2D eigenvalue weighted by Gasteiger charge is 1.94. The number of hydrogen-bond acceptors (Lipinski definition) is 1. The Morgan fingerprint density at radius 3 is 1.89 bits per heavy atom. The summed E-state index contributed by atoms with van der Waals surface area (Å²) in [5.74, 6) is 4.99. The van der Waals surface area contributed by atoms with E-state index in [0.29, 0.717) is 0 Å². The highest BCUT2D eigenvalue weighted by Crippen LogP contribution is 2.11. The average molecular weight is 132 g/mol. The van der Waals surface area contributed by atoms with Gasteiger partial charge in [0.05, 0.1) is 11.1 Å². The average Bonchev–Trinajstić information content (AvgIpc) is 2.33. The van der Waals surface area contributed by atoms with Crippen LogP contribution in [0.5, 0.6) is 0 Å². The van der Waals surface area contributed by atoms with E-state index >= 15 is 0 Å². The van der Waals surface area contributed by atoms with Crippen molar-refractivity contribution in [3.63, 3.8) is 0 Å². The molecule has 0 fully saturated rings. The van der Waals surface area contributed by atoms with E-state index in [1.54, 1.807) is 0 Å². The maximum absolute atomic E-state index is 5.13. The molecule has 0 saturated carbocycles. The van der Waals surface area contributed by atoms with Crippen LogP contribution in [0, 0.1) is 24.7 Å². The van der Waals surface area contributed by atoms with Crippen molar-refractivity contribution in [3.8, 4) is 24.7 Å². The molecule has 0 bridgehead atoms. The van der Waals surface area contributed by atoms with Crippen LogP contribution >= 0.6 is 11.3 Å². The van der Waals surface area contributed by atoms with E-state index in [2.05, 4.69) is 11.8 Å². The van der Waals surface area contributed by atoms with Crippen LogP contribution in [0.1, 0.15) is 11.1 Å². The van der Waals surface area contributed by atoms with Crippen LogP contribution in [0.25, 0.3) is 0 Å². The Morgan fingerprint density at radius 2 is 1.56 bits per heavy atom. The fraction of sp³-hybridized carbons (Fsp3) is 0. The predicted octanol–water partition coefficient (Wildman–Crippen LogP) is 1.71. The number of rotatable bonds is 0. The maximum atomic E-state index is 5.13. The van der Waals surface area contributed by atoms with E-state index in [9.17, 15) is 0 Å². The molecule has 1 aromatic rings. The van der Waals surface area contributed by atoms with E-state index in [4.69, 9.17) is 12.8 Å². The molecule has 1 heteroatoms. The SMILES string of the molecule is C#Cc1cscc1C#C. The molecule has 0 aromatic carbocycles. The molecule has 0 saturated heterocycles. The molecule has 1 aromatic heterocycles. The summed E-state index contributed by atoms with van der Waals surface area (Å²) in [6.45, 7) is 0. The Morgan fingerprint density at radius 1 is 1.11 bits per heavy atom. The Bertz CT molecular complexity index is 252. The molecule has 0 unspecified atom stereocenters. The van der Waals surface area contributed by atoms with Crippen LogP contribution in [0.4, 0.5) is 0 Å². The summed E-state index contributed by atoms with van der Waals surface area (Å²) in [6, 6.07) is 0. The van der Waals surface area contributed by atoms with Crippen molar-refractivity contribution in [2.24, 2.45) is 0 Å². The minimum atomic E-state index is 0.822. The van der Waals surface area contributed by atoms with Crippen molar-refractivity contribution in [3.05, 3.63) is 21.9 Å². The zero-order valence-corrected chi connectivity index (χ0v) is 5.53. The third-order valence-corrected chi connectivity index (χ3v) is 1.72. The minimum absolute atomic E-state index is 0.822. The summed E-state index contributed by atoms with van der Waals surface area (Å²) in [6.07, 6.45) is 10.3. The number of thiophene rings is 1. The molecular weight excluding hydrogens is 128 g/mol. The second kappa shape index (κ2) is 2.40. The van der Waals surface area contributed by atoms with E-state index in [-0.39, 0.29) is 0 Å². The molecule has 0 amide bonds. The molecule has 42 valence electrons. The Kier molecular flexibility index (Phi) is 1.58. The van der Waals surface area contributed by atoms with E-state index in [1.165, 1.54) is 11.3 Å². The minimum Gasteiger partial charge on any atom is -0.150 e. The van der Waals surface area contributed by atoms with Gasteiger partial charge in [-0.25, -0.2) is 0 Å². The van der Waals surface area contributed by atoms with Gasteiger partial charge in [-0.15, -0.1) is 24.2 Å². The van der Waals surface area contributed by atoms with Gasteiger partial charge in [0, 0.05) is 10.8 Å². The zero-order valence-electron chi connectivity index (χ0n) is 4.72. The largest absolute Gasteiger partial charge is 0.150 e. The van der Waals surface area contributed by atoms with Crippen molar-refractivity contribution >= 4 is 11.3 Å². The molecule has 0 atom stereocenters. The zero-order chi connectivity index (χ0) is 6.69. The van der Waals surface area contributed by atoms with Gasteiger partial charge in [-0.05, 0) is 0 Å². The second-order valence-electron chi connectivity index (χ2n) is 1.49. The lowest BCUT2D eigenvalue weighted by molar-refractivity contribution is 1.76. The summed E-state index contributed by atoms with van der Waals surface area (Å²) in [5.41, 5.74) is 1.64. The standard InChI is InChI=1S/C8H4S/c1-3-7-5-9-6-8(7)4-2/h1-2,5-6H. The van der Waals surface area contributed by atoms with Crippen molar-refractivity contribution < 1.29 is 0 Å². The van der Waals surface area contributed by atoms with Gasteiger partial charge in [0.15, 0.2) is 0 Å². The van der Waals surface area contributed by atoms with E-state index in [1.807, 2.05) is 10.8 Å². The molecule has 0 radical (unpaired) electrons. The first kappa shape index (κ1) is 5.95. The lowest BCUT2D eigenvalue weighted by Crippen LogP contribution is -1.70. The van der Waals surface area contributed by atoms with Crippen LogP contribution < -0.4 is 0 Å². The molecular formula is C8H4S. The summed E-state index contributed by atoms with van der Waals surface area (Å²) in [5, 5.41) is 3.74. The van der Waals surface area contributed by atoms with Gasteiger partial charge in [0.25, 0.3) is 0 Å². The third kappa shape index (κ3) is 0.964. The number of hydrogen-bond donors (Lipinski definition) is 0. The fourth-order valence-corrected chi connectivity index (χ4v) is 1.25. The van der Waals surface area contributed by atoms with Gasteiger partial charge in [0.2, 0.25) is 0 Å². The summed E-state index contributed by atoms with van der Waals surface area (Å²) >= 11 is 1.53. The molecule has 0 aliphatic heterocycles. The first-order valence-corrected chi connectivity index (χ1v) is 3.32.